The normalized spacial score (nSPS) is 24.7. The zero-order valence-electron chi connectivity index (χ0n) is 8.98. The summed E-state index contributed by atoms with van der Waals surface area (Å²) in [5.41, 5.74) is 1.08. The summed E-state index contributed by atoms with van der Waals surface area (Å²) >= 11 is 0. The number of nitrogens with zero attached hydrogens (tertiary/aromatic N) is 2. The number of rotatable bonds is 4. The predicted molar refractivity (Wildman–Crippen MR) is 58.7 cm³/mol. The molecule has 4 nitrogen and oxygen atoms in total. The molecule has 1 aromatic rings. The van der Waals surface area contributed by atoms with Crippen molar-refractivity contribution in [2.24, 2.45) is 0 Å². The third-order valence-corrected chi connectivity index (χ3v) is 2.70. The summed E-state index contributed by atoms with van der Waals surface area (Å²) in [6.07, 6.45) is 5.21. The summed E-state index contributed by atoms with van der Waals surface area (Å²) in [5, 5.41) is 12.5. The first kappa shape index (κ1) is 10.4. The molecule has 4 heteroatoms. The van der Waals surface area contributed by atoms with Crippen LogP contribution in [0.2, 0.25) is 0 Å². The van der Waals surface area contributed by atoms with E-state index in [1.54, 1.807) is 6.33 Å². The van der Waals surface area contributed by atoms with Crippen molar-refractivity contribution in [2.45, 2.75) is 44.8 Å². The molecule has 1 aliphatic rings. The van der Waals surface area contributed by atoms with Gasteiger partial charge in [-0.05, 0) is 19.3 Å². The maximum atomic E-state index is 9.16. The molecule has 2 rings (SSSR count). The molecule has 0 aliphatic heterocycles. The van der Waals surface area contributed by atoms with E-state index in [-0.39, 0.29) is 6.10 Å². The highest BCUT2D eigenvalue weighted by atomic mass is 16.3. The van der Waals surface area contributed by atoms with E-state index < -0.39 is 0 Å². The van der Waals surface area contributed by atoms with Crippen LogP contribution in [0.1, 0.15) is 31.9 Å². The van der Waals surface area contributed by atoms with Gasteiger partial charge in [0, 0.05) is 17.8 Å². The number of anilines is 1. The summed E-state index contributed by atoms with van der Waals surface area (Å²) < 4.78 is 0. The van der Waals surface area contributed by atoms with Crippen molar-refractivity contribution in [1.29, 1.82) is 0 Å². The van der Waals surface area contributed by atoms with Crippen LogP contribution in [0.4, 0.5) is 5.82 Å². The molecule has 15 heavy (non-hydrogen) atoms. The van der Waals surface area contributed by atoms with Gasteiger partial charge >= 0.3 is 0 Å². The molecule has 1 aromatic heterocycles. The Labute approximate surface area is 89.8 Å². The second-order valence-electron chi connectivity index (χ2n) is 4.11. The van der Waals surface area contributed by atoms with E-state index in [0.717, 1.165) is 37.2 Å². The molecular formula is C11H17N3O. The number of aryl methyl sites for hydroxylation is 1. The Balaban J connectivity index is 1.93. The Kier molecular flexibility index (Phi) is 3.16. The average molecular weight is 207 g/mol. The molecule has 1 heterocycles. The maximum Gasteiger partial charge on any atom is 0.129 e. The summed E-state index contributed by atoms with van der Waals surface area (Å²) in [6, 6.07) is 2.37. The molecule has 0 atom stereocenters. The van der Waals surface area contributed by atoms with Crippen molar-refractivity contribution in [3.63, 3.8) is 0 Å². The largest absolute Gasteiger partial charge is 0.393 e. The van der Waals surface area contributed by atoms with Gasteiger partial charge in [-0.1, -0.05) is 13.3 Å². The van der Waals surface area contributed by atoms with E-state index in [2.05, 4.69) is 22.2 Å². The van der Waals surface area contributed by atoms with Gasteiger partial charge in [0.2, 0.25) is 0 Å². The second-order valence-corrected chi connectivity index (χ2v) is 4.11. The number of aliphatic hydroxyl groups excluding tert-OH is 1. The fraction of sp³-hybridized carbons (Fsp3) is 0.636. The smallest absolute Gasteiger partial charge is 0.129 e. The van der Waals surface area contributed by atoms with Crippen molar-refractivity contribution >= 4 is 5.82 Å². The van der Waals surface area contributed by atoms with E-state index >= 15 is 0 Å². The number of aliphatic hydroxyl groups is 1. The minimum Gasteiger partial charge on any atom is -0.393 e. The van der Waals surface area contributed by atoms with Crippen LogP contribution in [0, 0.1) is 0 Å². The van der Waals surface area contributed by atoms with Gasteiger partial charge in [0.05, 0.1) is 6.10 Å². The third-order valence-electron chi connectivity index (χ3n) is 2.70. The zero-order valence-corrected chi connectivity index (χ0v) is 8.98. The number of hydrogen-bond donors (Lipinski definition) is 2. The molecule has 0 bridgehead atoms. The molecule has 0 radical (unpaired) electrons. The molecule has 0 aromatic carbocycles. The molecule has 2 N–H and O–H groups in total. The average Bonchev–Trinajstić information content (AvgIpc) is 2.17. The lowest BCUT2D eigenvalue weighted by Crippen LogP contribution is -2.39. The fourth-order valence-corrected chi connectivity index (χ4v) is 1.78. The third kappa shape index (κ3) is 2.65. The fourth-order valence-electron chi connectivity index (χ4n) is 1.78. The van der Waals surface area contributed by atoms with Gasteiger partial charge in [-0.2, -0.15) is 0 Å². The van der Waals surface area contributed by atoms with Crippen LogP contribution in [0.15, 0.2) is 12.4 Å². The van der Waals surface area contributed by atoms with Crippen LogP contribution in [0.3, 0.4) is 0 Å². The van der Waals surface area contributed by atoms with Crippen LogP contribution in [-0.2, 0) is 6.42 Å². The number of hydrogen-bond acceptors (Lipinski definition) is 4. The van der Waals surface area contributed by atoms with E-state index in [4.69, 9.17) is 5.11 Å². The molecule has 0 unspecified atom stereocenters. The minimum atomic E-state index is -0.126. The summed E-state index contributed by atoms with van der Waals surface area (Å²) in [6.45, 7) is 2.14. The lowest BCUT2D eigenvalue weighted by atomic mass is 9.89. The monoisotopic (exact) mass is 207 g/mol. The predicted octanol–water partition coefficient (Wildman–Crippen LogP) is 1.36. The van der Waals surface area contributed by atoms with Crippen LogP contribution in [0.25, 0.3) is 0 Å². The van der Waals surface area contributed by atoms with Crippen molar-refractivity contribution in [1.82, 2.24) is 9.97 Å². The number of aromatic nitrogens is 2. The van der Waals surface area contributed by atoms with E-state index in [0.29, 0.717) is 6.04 Å². The van der Waals surface area contributed by atoms with Crippen molar-refractivity contribution < 1.29 is 5.11 Å². The first-order valence-corrected chi connectivity index (χ1v) is 5.53. The lowest BCUT2D eigenvalue weighted by Gasteiger charge is -2.32. The molecule has 1 aliphatic carbocycles. The summed E-state index contributed by atoms with van der Waals surface area (Å²) in [7, 11) is 0. The second kappa shape index (κ2) is 4.57. The molecule has 1 saturated carbocycles. The van der Waals surface area contributed by atoms with Crippen LogP contribution in [0.5, 0.6) is 0 Å². The quantitative estimate of drug-likeness (QED) is 0.782. The topological polar surface area (TPSA) is 58.0 Å². The van der Waals surface area contributed by atoms with Crippen LogP contribution in [-0.4, -0.2) is 27.2 Å². The molecule has 82 valence electrons. The Morgan fingerprint density at radius 3 is 2.93 bits per heavy atom. The van der Waals surface area contributed by atoms with E-state index in [9.17, 15) is 0 Å². The number of nitrogens with one attached hydrogen (secondary N) is 1. The molecule has 0 saturated heterocycles. The first-order valence-electron chi connectivity index (χ1n) is 5.53. The highest BCUT2D eigenvalue weighted by molar-refractivity contribution is 5.36. The van der Waals surface area contributed by atoms with Gasteiger partial charge in [0.1, 0.15) is 12.1 Å². The first-order chi connectivity index (χ1) is 7.28. The van der Waals surface area contributed by atoms with Crippen LogP contribution >= 0.6 is 0 Å². The van der Waals surface area contributed by atoms with Gasteiger partial charge in [-0.25, -0.2) is 9.97 Å². The van der Waals surface area contributed by atoms with Gasteiger partial charge in [0.25, 0.3) is 0 Å². The van der Waals surface area contributed by atoms with E-state index in [1.807, 2.05) is 6.07 Å². The van der Waals surface area contributed by atoms with Gasteiger partial charge in [-0.15, -0.1) is 0 Å². The van der Waals surface area contributed by atoms with Gasteiger partial charge in [0.15, 0.2) is 0 Å². The van der Waals surface area contributed by atoms with Gasteiger partial charge < -0.3 is 10.4 Å². The maximum absolute atomic E-state index is 9.16. The molecule has 0 spiro atoms. The molecular weight excluding hydrogens is 190 g/mol. The Bertz CT molecular complexity index is 323. The highest BCUT2D eigenvalue weighted by Crippen LogP contribution is 2.23. The standard InChI is InChI=1S/C11H17N3O/c1-2-3-8-6-11(13-7-12-8)14-9-4-10(15)5-9/h6-7,9-10,15H,2-5H2,1H3,(H,12,13,14). The lowest BCUT2D eigenvalue weighted by molar-refractivity contribution is 0.0835. The van der Waals surface area contributed by atoms with Crippen LogP contribution < -0.4 is 5.32 Å². The molecule has 1 fully saturated rings. The van der Waals surface area contributed by atoms with Crippen molar-refractivity contribution in [2.75, 3.05) is 5.32 Å². The summed E-state index contributed by atoms with van der Waals surface area (Å²) in [5.74, 6) is 0.880. The SMILES string of the molecule is CCCc1cc(NC2CC(O)C2)ncn1. The van der Waals surface area contributed by atoms with E-state index in [1.165, 1.54) is 0 Å². The summed E-state index contributed by atoms with van der Waals surface area (Å²) in [4.78, 5) is 8.36. The minimum absolute atomic E-state index is 0.126. The van der Waals surface area contributed by atoms with Crippen molar-refractivity contribution in [3.8, 4) is 0 Å². The zero-order chi connectivity index (χ0) is 10.7. The van der Waals surface area contributed by atoms with Gasteiger partial charge in [-0.3, -0.25) is 0 Å². The van der Waals surface area contributed by atoms with Crippen molar-refractivity contribution in [3.05, 3.63) is 18.1 Å². The molecule has 0 amide bonds. The Morgan fingerprint density at radius 1 is 1.47 bits per heavy atom. The highest BCUT2D eigenvalue weighted by Gasteiger charge is 2.27. The Morgan fingerprint density at radius 2 is 2.27 bits per heavy atom. The Hall–Kier alpha value is -1.16.